The van der Waals surface area contributed by atoms with Crippen molar-refractivity contribution >= 4 is 11.6 Å². The van der Waals surface area contributed by atoms with E-state index >= 15 is 0 Å². The summed E-state index contributed by atoms with van der Waals surface area (Å²) in [5.41, 5.74) is 1.01. The molecule has 0 fully saturated rings. The molecule has 0 heterocycles. The predicted molar refractivity (Wildman–Crippen MR) is 70.9 cm³/mol. The largest absolute Gasteiger partial charge is 0.492 e. The van der Waals surface area contributed by atoms with Crippen molar-refractivity contribution in [3.05, 3.63) is 28.8 Å². The molecule has 0 bridgehead atoms. The highest BCUT2D eigenvalue weighted by molar-refractivity contribution is 6.31. The molecule has 1 unspecified atom stereocenters. The molecule has 0 aliphatic carbocycles. The quantitative estimate of drug-likeness (QED) is 0.737. The second-order valence-electron chi connectivity index (χ2n) is 4.00. The Balaban J connectivity index is 2.28. The van der Waals surface area contributed by atoms with Crippen LogP contribution in [0, 0.1) is 6.92 Å². The molecule has 0 aliphatic heterocycles. The van der Waals surface area contributed by atoms with Gasteiger partial charge in [-0.05, 0) is 37.1 Å². The third kappa shape index (κ3) is 4.94. The van der Waals surface area contributed by atoms with Crippen LogP contribution in [0.2, 0.25) is 5.02 Å². The number of nitrogens with one attached hydrogen (secondary N) is 1. The number of halogens is 1. The van der Waals surface area contributed by atoms with Crippen molar-refractivity contribution in [2.24, 2.45) is 0 Å². The van der Waals surface area contributed by atoms with Gasteiger partial charge in [0.2, 0.25) is 0 Å². The number of benzene rings is 1. The van der Waals surface area contributed by atoms with Gasteiger partial charge in [0.15, 0.2) is 0 Å². The van der Waals surface area contributed by atoms with Gasteiger partial charge in [0.1, 0.15) is 12.4 Å². The Morgan fingerprint density at radius 2 is 2.24 bits per heavy atom. The van der Waals surface area contributed by atoms with E-state index in [2.05, 4.69) is 5.32 Å². The Hall–Kier alpha value is -0.770. The number of hydrogen-bond donors (Lipinski definition) is 2. The molecule has 0 saturated carbocycles. The summed E-state index contributed by atoms with van der Waals surface area (Å²) in [6.07, 6.45) is 0.913. The lowest BCUT2D eigenvalue weighted by Gasteiger charge is -2.14. The molecular weight excluding hydrogens is 238 g/mol. The highest BCUT2D eigenvalue weighted by Crippen LogP contribution is 2.20. The molecule has 1 aromatic carbocycles. The van der Waals surface area contributed by atoms with Gasteiger partial charge in [-0.2, -0.15) is 0 Å². The molecule has 1 rings (SSSR count). The first kappa shape index (κ1) is 14.3. The van der Waals surface area contributed by atoms with E-state index in [-0.39, 0.29) is 12.6 Å². The standard InChI is InChI=1S/C13H20ClNO2/c1-3-11(9-16)15-6-7-17-12-4-5-13(14)10(2)8-12/h4-5,8,11,15-16H,3,6-7,9H2,1-2H3. The average molecular weight is 258 g/mol. The fourth-order valence-electron chi connectivity index (χ4n) is 1.48. The second-order valence-corrected chi connectivity index (χ2v) is 4.41. The van der Waals surface area contributed by atoms with Gasteiger partial charge in [-0.15, -0.1) is 0 Å². The maximum atomic E-state index is 8.99. The predicted octanol–water partition coefficient (Wildman–Crippen LogP) is 2.39. The smallest absolute Gasteiger partial charge is 0.119 e. The summed E-state index contributed by atoms with van der Waals surface area (Å²) in [4.78, 5) is 0. The van der Waals surface area contributed by atoms with Crippen molar-refractivity contribution in [2.75, 3.05) is 19.8 Å². The molecule has 0 saturated heterocycles. The third-order valence-corrected chi connectivity index (χ3v) is 3.07. The lowest BCUT2D eigenvalue weighted by molar-refractivity contribution is 0.227. The Morgan fingerprint density at radius 3 is 2.82 bits per heavy atom. The number of rotatable bonds is 7. The minimum Gasteiger partial charge on any atom is -0.492 e. The van der Waals surface area contributed by atoms with E-state index in [0.717, 1.165) is 29.3 Å². The number of aryl methyl sites for hydroxylation is 1. The third-order valence-electron chi connectivity index (χ3n) is 2.65. The number of aliphatic hydroxyl groups is 1. The summed E-state index contributed by atoms with van der Waals surface area (Å²) in [6, 6.07) is 5.78. The number of aliphatic hydroxyl groups excluding tert-OH is 1. The maximum absolute atomic E-state index is 8.99. The van der Waals surface area contributed by atoms with Gasteiger partial charge in [0, 0.05) is 17.6 Å². The first-order valence-corrected chi connectivity index (χ1v) is 6.28. The van der Waals surface area contributed by atoms with Crippen molar-refractivity contribution in [2.45, 2.75) is 26.3 Å². The minimum absolute atomic E-state index is 0.158. The van der Waals surface area contributed by atoms with Crippen LogP contribution in [-0.4, -0.2) is 30.9 Å². The first-order valence-electron chi connectivity index (χ1n) is 5.90. The Bertz CT molecular complexity index is 340. The SMILES string of the molecule is CCC(CO)NCCOc1ccc(Cl)c(C)c1. The molecule has 0 aromatic heterocycles. The number of hydrogen-bond acceptors (Lipinski definition) is 3. The van der Waals surface area contributed by atoms with Gasteiger partial charge in [0.05, 0.1) is 6.61 Å². The Kier molecular flexibility index (Phi) is 6.34. The van der Waals surface area contributed by atoms with Crippen LogP contribution < -0.4 is 10.1 Å². The van der Waals surface area contributed by atoms with Crippen molar-refractivity contribution in [1.82, 2.24) is 5.32 Å². The first-order chi connectivity index (χ1) is 8.17. The summed E-state index contributed by atoms with van der Waals surface area (Å²) < 4.78 is 5.58. The maximum Gasteiger partial charge on any atom is 0.119 e. The molecule has 4 heteroatoms. The molecule has 1 aromatic rings. The molecule has 0 aliphatic rings. The van der Waals surface area contributed by atoms with Gasteiger partial charge < -0.3 is 15.2 Å². The van der Waals surface area contributed by atoms with Gasteiger partial charge >= 0.3 is 0 Å². The second kappa shape index (κ2) is 7.54. The summed E-state index contributed by atoms with van der Waals surface area (Å²) >= 11 is 5.93. The average Bonchev–Trinajstić information content (AvgIpc) is 2.34. The van der Waals surface area contributed by atoms with E-state index in [1.165, 1.54) is 0 Å². The Labute approximate surface area is 108 Å². The molecule has 17 heavy (non-hydrogen) atoms. The van der Waals surface area contributed by atoms with Crippen molar-refractivity contribution < 1.29 is 9.84 Å². The van der Waals surface area contributed by atoms with Crippen LogP contribution in [0.1, 0.15) is 18.9 Å². The highest BCUT2D eigenvalue weighted by Gasteiger charge is 2.03. The summed E-state index contributed by atoms with van der Waals surface area (Å²) in [7, 11) is 0. The van der Waals surface area contributed by atoms with Crippen molar-refractivity contribution in [3.63, 3.8) is 0 Å². The summed E-state index contributed by atoms with van der Waals surface area (Å²) in [6.45, 7) is 5.46. The molecule has 0 spiro atoms. The molecule has 2 N–H and O–H groups in total. The van der Waals surface area contributed by atoms with Crippen LogP contribution in [0.5, 0.6) is 5.75 Å². The van der Waals surface area contributed by atoms with E-state index in [9.17, 15) is 0 Å². The van der Waals surface area contributed by atoms with E-state index in [1.807, 2.05) is 32.0 Å². The molecule has 96 valence electrons. The van der Waals surface area contributed by atoms with Crippen LogP contribution >= 0.6 is 11.6 Å². The van der Waals surface area contributed by atoms with Gasteiger partial charge in [0.25, 0.3) is 0 Å². The topological polar surface area (TPSA) is 41.5 Å². The fourth-order valence-corrected chi connectivity index (χ4v) is 1.59. The van der Waals surface area contributed by atoms with E-state index in [1.54, 1.807) is 0 Å². The monoisotopic (exact) mass is 257 g/mol. The molecule has 1 atom stereocenters. The molecule has 0 amide bonds. The Morgan fingerprint density at radius 1 is 1.47 bits per heavy atom. The van der Waals surface area contributed by atoms with Gasteiger partial charge in [-0.25, -0.2) is 0 Å². The van der Waals surface area contributed by atoms with Crippen LogP contribution in [0.25, 0.3) is 0 Å². The zero-order chi connectivity index (χ0) is 12.7. The lowest BCUT2D eigenvalue weighted by Crippen LogP contribution is -2.34. The normalized spacial score (nSPS) is 12.5. The highest BCUT2D eigenvalue weighted by atomic mass is 35.5. The molecular formula is C13H20ClNO2. The van der Waals surface area contributed by atoms with Crippen molar-refractivity contribution in [1.29, 1.82) is 0 Å². The zero-order valence-electron chi connectivity index (χ0n) is 10.4. The van der Waals surface area contributed by atoms with Crippen molar-refractivity contribution in [3.8, 4) is 5.75 Å². The van der Waals surface area contributed by atoms with Crippen LogP contribution in [-0.2, 0) is 0 Å². The summed E-state index contributed by atoms with van der Waals surface area (Å²) in [5.74, 6) is 0.825. The fraction of sp³-hybridized carbons (Fsp3) is 0.538. The number of ether oxygens (including phenoxy) is 1. The minimum atomic E-state index is 0.158. The van der Waals surface area contributed by atoms with Crippen LogP contribution in [0.3, 0.4) is 0 Å². The van der Waals surface area contributed by atoms with Gasteiger partial charge in [-0.3, -0.25) is 0 Å². The van der Waals surface area contributed by atoms with E-state index in [4.69, 9.17) is 21.4 Å². The van der Waals surface area contributed by atoms with E-state index in [0.29, 0.717) is 6.61 Å². The van der Waals surface area contributed by atoms with Gasteiger partial charge in [-0.1, -0.05) is 18.5 Å². The van der Waals surface area contributed by atoms with E-state index < -0.39 is 0 Å². The molecule has 3 nitrogen and oxygen atoms in total. The lowest BCUT2D eigenvalue weighted by atomic mass is 10.2. The summed E-state index contributed by atoms with van der Waals surface area (Å²) in [5, 5.41) is 13.0. The van der Waals surface area contributed by atoms with Crippen LogP contribution in [0.15, 0.2) is 18.2 Å². The van der Waals surface area contributed by atoms with Crippen LogP contribution in [0.4, 0.5) is 0 Å². The zero-order valence-corrected chi connectivity index (χ0v) is 11.1. The molecule has 0 radical (unpaired) electrons.